The molecule has 0 aromatic rings. The second-order valence-electron chi connectivity index (χ2n) is 4.26. The van der Waals surface area contributed by atoms with E-state index in [0.717, 1.165) is 0 Å². The van der Waals surface area contributed by atoms with Gasteiger partial charge in [-0.15, -0.1) is 0 Å². The minimum Gasteiger partial charge on any atom is -0.365 e. The summed E-state index contributed by atoms with van der Waals surface area (Å²) in [7, 11) is 0. The van der Waals surface area contributed by atoms with E-state index in [9.17, 15) is 5.11 Å². The topological polar surface area (TPSA) is 104 Å². The van der Waals surface area contributed by atoms with Crippen molar-refractivity contribution in [2.75, 3.05) is 0 Å². The highest BCUT2D eigenvalue weighted by Crippen LogP contribution is 2.44. The molecule has 0 aliphatic heterocycles. The van der Waals surface area contributed by atoms with Crippen LogP contribution in [0.25, 0.3) is 0 Å². The zero-order chi connectivity index (χ0) is 11.6. The predicted molar refractivity (Wildman–Crippen MR) is 48.9 cm³/mol. The van der Waals surface area contributed by atoms with Crippen LogP contribution in [0.5, 0.6) is 0 Å². The van der Waals surface area contributed by atoms with Gasteiger partial charge in [0.25, 0.3) is 0 Å². The standard InChI is InChI=1S/C9H14N4O/c1-7(2,5-10)9(14,13-12)8(3,4)6-11/h12,14H,1-4H3. The summed E-state index contributed by atoms with van der Waals surface area (Å²) < 4.78 is 0. The highest BCUT2D eigenvalue weighted by molar-refractivity contribution is 5.16. The normalized spacial score (nSPS) is 12.8. The first-order chi connectivity index (χ1) is 6.18. The van der Waals surface area contributed by atoms with Crippen molar-refractivity contribution < 1.29 is 5.11 Å². The summed E-state index contributed by atoms with van der Waals surface area (Å²) in [4.78, 5) is 0. The average Bonchev–Trinajstić information content (AvgIpc) is 2.15. The van der Waals surface area contributed by atoms with Crippen LogP contribution in [0.4, 0.5) is 0 Å². The molecule has 0 aliphatic carbocycles. The van der Waals surface area contributed by atoms with E-state index in [0.29, 0.717) is 0 Å². The van der Waals surface area contributed by atoms with Gasteiger partial charge in [-0.2, -0.15) is 15.6 Å². The maximum atomic E-state index is 10.1. The molecule has 76 valence electrons. The van der Waals surface area contributed by atoms with Gasteiger partial charge in [0.1, 0.15) is 10.8 Å². The summed E-state index contributed by atoms with van der Waals surface area (Å²) in [5.74, 6) is 0. The lowest BCUT2D eigenvalue weighted by Gasteiger charge is -2.40. The van der Waals surface area contributed by atoms with Crippen LogP contribution in [0, 0.1) is 39.0 Å². The third kappa shape index (κ3) is 1.47. The lowest BCUT2D eigenvalue weighted by atomic mass is 9.68. The van der Waals surface area contributed by atoms with Crippen molar-refractivity contribution in [1.29, 1.82) is 16.1 Å². The lowest BCUT2D eigenvalue weighted by molar-refractivity contribution is -0.106. The summed E-state index contributed by atoms with van der Waals surface area (Å²) in [6, 6.07) is 3.72. The number of aliphatic hydroxyl groups is 1. The smallest absolute Gasteiger partial charge is 0.212 e. The Morgan fingerprint density at radius 3 is 1.50 bits per heavy atom. The molecule has 0 saturated carbocycles. The van der Waals surface area contributed by atoms with Gasteiger partial charge < -0.3 is 5.11 Å². The van der Waals surface area contributed by atoms with Crippen LogP contribution in [0.15, 0.2) is 5.11 Å². The molecule has 0 radical (unpaired) electrons. The number of hydrogen-bond donors (Lipinski definition) is 2. The first-order valence-corrected chi connectivity index (χ1v) is 4.12. The number of rotatable bonds is 3. The quantitative estimate of drug-likeness (QED) is 0.669. The molecule has 0 unspecified atom stereocenters. The molecule has 0 atom stereocenters. The molecule has 5 heteroatoms. The molecular formula is C9H14N4O. The molecule has 0 bridgehead atoms. The third-order valence-corrected chi connectivity index (χ3v) is 2.46. The monoisotopic (exact) mass is 194 g/mol. The van der Waals surface area contributed by atoms with E-state index >= 15 is 0 Å². The molecule has 0 aromatic carbocycles. The van der Waals surface area contributed by atoms with Gasteiger partial charge in [-0.05, 0) is 27.7 Å². The third-order valence-electron chi connectivity index (χ3n) is 2.46. The van der Waals surface area contributed by atoms with Crippen LogP contribution < -0.4 is 0 Å². The van der Waals surface area contributed by atoms with Crippen LogP contribution >= 0.6 is 0 Å². The number of nitrogens with one attached hydrogen (secondary N) is 1. The van der Waals surface area contributed by atoms with Gasteiger partial charge in [-0.25, -0.2) is 5.53 Å². The zero-order valence-electron chi connectivity index (χ0n) is 8.79. The van der Waals surface area contributed by atoms with E-state index in [4.69, 9.17) is 16.1 Å². The van der Waals surface area contributed by atoms with Gasteiger partial charge in [0.2, 0.25) is 5.72 Å². The molecule has 0 aliphatic rings. The van der Waals surface area contributed by atoms with E-state index < -0.39 is 16.6 Å². The minimum absolute atomic E-state index is 1.28. The molecule has 0 aromatic heterocycles. The van der Waals surface area contributed by atoms with Crippen molar-refractivity contribution in [2.24, 2.45) is 15.9 Å². The van der Waals surface area contributed by atoms with Gasteiger partial charge in [0, 0.05) is 0 Å². The highest BCUT2D eigenvalue weighted by atomic mass is 16.3. The molecule has 0 heterocycles. The molecular weight excluding hydrogens is 180 g/mol. The Hall–Kier alpha value is -1.46. The fourth-order valence-electron chi connectivity index (χ4n) is 1.22. The second-order valence-corrected chi connectivity index (χ2v) is 4.26. The van der Waals surface area contributed by atoms with Crippen molar-refractivity contribution in [1.82, 2.24) is 0 Å². The van der Waals surface area contributed by atoms with Crippen molar-refractivity contribution >= 4 is 0 Å². The van der Waals surface area contributed by atoms with Crippen molar-refractivity contribution in [3.63, 3.8) is 0 Å². The van der Waals surface area contributed by atoms with Gasteiger partial charge in [-0.3, -0.25) is 0 Å². The Morgan fingerprint density at radius 2 is 1.36 bits per heavy atom. The van der Waals surface area contributed by atoms with Crippen LogP contribution in [-0.2, 0) is 0 Å². The van der Waals surface area contributed by atoms with Gasteiger partial charge in [0.15, 0.2) is 0 Å². The zero-order valence-corrected chi connectivity index (χ0v) is 8.79. The van der Waals surface area contributed by atoms with Gasteiger partial charge >= 0.3 is 0 Å². The van der Waals surface area contributed by atoms with Crippen molar-refractivity contribution in [2.45, 2.75) is 33.4 Å². The minimum atomic E-state index is -2.00. The van der Waals surface area contributed by atoms with Crippen molar-refractivity contribution in [3.8, 4) is 12.1 Å². The summed E-state index contributed by atoms with van der Waals surface area (Å²) in [6.45, 7) is 5.79. The summed E-state index contributed by atoms with van der Waals surface area (Å²) >= 11 is 0. The van der Waals surface area contributed by atoms with E-state index in [-0.39, 0.29) is 0 Å². The average molecular weight is 194 g/mol. The second kappa shape index (κ2) is 3.36. The summed E-state index contributed by atoms with van der Waals surface area (Å²) in [6.07, 6.45) is 0. The Morgan fingerprint density at radius 1 is 1.07 bits per heavy atom. The maximum Gasteiger partial charge on any atom is 0.212 e. The maximum absolute atomic E-state index is 10.1. The Bertz CT molecular complexity index is 293. The first-order valence-electron chi connectivity index (χ1n) is 4.12. The van der Waals surface area contributed by atoms with Gasteiger partial charge in [0.05, 0.1) is 12.1 Å². The van der Waals surface area contributed by atoms with Crippen molar-refractivity contribution in [3.05, 3.63) is 0 Å². The molecule has 5 nitrogen and oxygen atoms in total. The van der Waals surface area contributed by atoms with Crippen LogP contribution in [0.3, 0.4) is 0 Å². The lowest BCUT2D eigenvalue weighted by Crippen LogP contribution is -2.52. The molecule has 14 heavy (non-hydrogen) atoms. The largest absolute Gasteiger partial charge is 0.365 e. The first kappa shape index (κ1) is 12.5. The number of hydrogen-bond acceptors (Lipinski definition) is 5. The number of nitriles is 2. The Balaban J connectivity index is 5.58. The molecule has 0 saturated heterocycles. The molecule has 0 fully saturated rings. The van der Waals surface area contributed by atoms with E-state index in [1.54, 1.807) is 0 Å². The van der Waals surface area contributed by atoms with E-state index in [1.807, 2.05) is 12.1 Å². The molecule has 0 spiro atoms. The SMILES string of the molecule is CC(C)(C#N)C(O)(N=N)C(C)(C)C#N. The molecule has 0 amide bonds. The van der Waals surface area contributed by atoms with E-state index in [1.165, 1.54) is 27.7 Å². The Kier molecular flexibility index (Phi) is 3.01. The molecule has 0 rings (SSSR count). The fraction of sp³-hybridized carbons (Fsp3) is 0.778. The Labute approximate surface area is 83.5 Å². The van der Waals surface area contributed by atoms with Gasteiger partial charge in [-0.1, -0.05) is 0 Å². The van der Waals surface area contributed by atoms with E-state index in [2.05, 4.69) is 5.11 Å². The molecule has 2 N–H and O–H groups in total. The van der Waals surface area contributed by atoms with Crippen LogP contribution in [0.2, 0.25) is 0 Å². The predicted octanol–water partition coefficient (Wildman–Crippen LogP) is 1.81. The number of nitrogens with zero attached hydrogens (tertiary/aromatic N) is 3. The van der Waals surface area contributed by atoms with Crippen LogP contribution in [-0.4, -0.2) is 10.8 Å². The highest BCUT2D eigenvalue weighted by Gasteiger charge is 2.56. The fourth-order valence-corrected chi connectivity index (χ4v) is 1.22. The summed E-state index contributed by atoms with van der Waals surface area (Å²) in [5, 5.41) is 30.9. The van der Waals surface area contributed by atoms with Crippen LogP contribution in [0.1, 0.15) is 27.7 Å². The summed E-state index contributed by atoms with van der Waals surface area (Å²) in [5.41, 5.74) is 2.38.